The van der Waals surface area contributed by atoms with Crippen molar-refractivity contribution in [3.05, 3.63) is 0 Å². The lowest BCUT2D eigenvalue weighted by atomic mass is 9.66. The fourth-order valence-electron chi connectivity index (χ4n) is 2.26. The highest BCUT2D eigenvalue weighted by molar-refractivity contribution is 4.90. The Hall–Kier alpha value is -0.120. The van der Waals surface area contributed by atoms with E-state index < -0.39 is 0 Å². The molecule has 2 unspecified atom stereocenters. The summed E-state index contributed by atoms with van der Waals surface area (Å²) in [6, 6.07) is 0.421. The Bertz CT molecular complexity index is 192. The van der Waals surface area contributed by atoms with Crippen LogP contribution in [0.25, 0.3) is 0 Å². The lowest BCUT2D eigenvalue weighted by Gasteiger charge is -2.43. The molecule has 0 radical (unpaired) electrons. The van der Waals surface area contributed by atoms with E-state index in [9.17, 15) is 0 Å². The van der Waals surface area contributed by atoms with E-state index in [1.165, 1.54) is 25.7 Å². The average Bonchev–Trinajstić information content (AvgIpc) is 2.25. The second kappa shape index (κ2) is 6.58. The maximum absolute atomic E-state index is 5.32. The predicted octanol–water partition coefficient (Wildman–Crippen LogP) is 2.21. The molecule has 0 aromatic rings. The van der Waals surface area contributed by atoms with Gasteiger partial charge in [-0.1, -0.05) is 6.42 Å². The molecule has 0 spiro atoms. The van der Waals surface area contributed by atoms with Crippen LogP contribution in [-0.2, 0) is 9.47 Å². The number of hydrogen-bond acceptors (Lipinski definition) is 3. The molecular formula is C13H27NO2. The molecule has 1 rings (SSSR count). The summed E-state index contributed by atoms with van der Waals surface area (Å²) in [7, 11) is 3.56. The van der Waals surface area contributed by atoms with Gasteiger partial charge in [0.2, 0.25) is 0 Å². The van der Waals surface area contributed by atoms with Gasteiger partial charge in [-0.2, -0.15) is 0 Å². The van der Waals surface area contributed by atoms with Gasteiger partial charge in [0.1, 0.15) is 0 Å². The second-order valence-electron chi connectivity index (χ2n) is 5.21. The van der Waals surface area contributed by atoms with Crippen molar-refractivity contribution in [2.75, 3.05) is 27.4 Å². The molecule has 0 saturated heterocycles. The summed E-state index contributed by atoms with van der Waals surface area (Å²) in [4.78, 5) is 0. The van der Waals surface area contributed by atoms with Gasteiger partial charge in [0.25, 0.3) is 0 Å². The Balaban J connectivity index is 2.28. The van der Waals surface area contributed by atoms with E-state index in [0.29, 0.717) is 11.5 Å². The molecule has 1 aliphatic rings. The van der Waals surface area contributed by atoms with Crippen LogP contribution < -0.4 is 5.32 Å². The lowest BCUT2D eigenvalue weighted by molar-refractivity contribution is 0.0488. The highest BCUT2D eigenvalue weighted by atomic mass is 16.5. The molecule has 96 valence electrons. The van der Waals surface area contributed by atoms with Crippen LogP contribution in [0.15, 0.2) is 0 Å². The van der Waals surface area contributed by atoms with Gasteiger partial charge in [0.05, 0.1) is 6.10 Å². The van der Waals surface area contributed by atoms with E-state index in [1.54, 1.807) is 14.2 Å². The molecule has 3 heteroatoms. The fraction of sp³-hybridized carbons (Fsp3) is 1.00. The quantitative estimate of drug-likeness (QED) is 0.692. The summed E-state index contributed by atoms with van der Waals surface area (Å²) in [6.45, 7) is 6.29. The summed E-state index contributed by atoms with van der Waals surface area (Å²) >= 11 is 0. The van der Waals surface area contributed by atoms with E-state index in [0.717, 1.165) is 13.2 Å². The first-order valence-corrected chi connectivity index (χ1v) is 6.39. The molecule has 1 aliphatic carbocycles. The van der Waals surface area contributed by atoms with E-state index in [1.807, 2.05) is 0 Å². The third-order valence-corrected chi connectivity index (χ3v) is 4.13. The number of hydrogen-bond donors (Lipinski definition) is 1. The normalized spacial score (nSPS) is 22.5. The molecule has 1 N–H and O–H groups in total. The van der Waals surface area contributed by atoms with Crippen LogP contribution in [0.3, 0.4) is 0 Å². The van der Waals surface area contributed by atoms with Crippen molar-refractivity contribution in [3.63, 3.8) is 0 Å². The zero-order chi connectivity index (χ0) is 12.0. The van der Waals surface area contributed by atoms with Crippen LogP contribution in [0.5, 0.6) is 0 Å². The van der Waals surface area contributed by atoms with Gasteiger partial charge in [-0.15, -0.1) is 0 Å². The first-order valence-electron chi connectivity index (χ1n) is 6.39. The van der Waals surface area contributed by atoms with Gasteiger partial charge < -0.3 is 14.8 Å². The minimum Gasteiger partial charge on any atom is -0.385 e. The second-order valence-corrected chi connectivity index (χ2v) is 5.21. The standard InChI is InChI=1S/C13H27NO2/c1-11(12(2)16-4)14-10-13(6-5-7-13)8-9-15-3/h11-12,14H,5-10H2,1-4H3. The first-order chi connectivity index (χ1) is 7.63. The van der Waals surface area contributed by atoms with Crippen molar-refractivity contribution in [1.29, 1.82) is 0 Å². The third kappa shape index (κ3) is 3.72. The van der Waals surface area contributed by atoms with Gasteiger partial charge in [-0.25, -0.2) is 0 Å². The molecule has 16 heavy (non-hydrogen) atoms. The van der Waals surface area contributed by atoms with Crippen LogP contribution in [0.1, 0.15) is 39.5 Å². The zero-order valence-corrected chi connectivity index (χ0v) is 11.2. The lowest BCUT2D eigenvalue weighted by Crippen LogP contribution is -2.46. The number of methoxy groups -OCH3 is 2. The molecule has 0 aromatic heterocycles. The highest BCUT2D eigenvalue weighted by Crippen LogP contribution is 2.43. The molecule has 2 atom stereocenters. The number of nitrogens with one attached hydrogen (secondary N) is 1. The van der Waals surface area contributed by atoms with Crippen LogP contribution in [-0.4, -0.2) is 39.5 Å². The monoisotopic (exact) mass is 229 g/mol. The van der Waals surface area contributed by atoms with Crippen LogP contribution in [0, 0.1) is 5.41 Å². The highest BCUT2D eigenvalue weighted by Gasteiger charge is 2.36. The van der Waals surface area contributed by atoms with Crippen LogP contribution in [0.4, 0.5) is 0 Å². The molecule has 0 bridgehead atoms. The van der Waals surface area contributed by atoms with Gasteiger partial charge in [-0.3, -0.25) is 0 Å². The Morgan fingerprint density at radius 2 is 1.94 bits per heavy atom. The molecule has 1 saturated carbocycles. The minimum atomic E-state index is 0.277. The molecule has 1 fully saturated rings. The topological polar surface area (TPSA) is 30.5 Å². The van der Waals surface area contributed by atoms with Crippen LogP contribution in [0.2, 0.25) is 0 Å². The fourth-order valence-corrected chi connectivity index (χ4v) is 2.26. The van der Waals surface area contributed by atoms with Crippen LogP contribution >= 0.6 is 0 Å². The Labute approximate surface area is 99.9 Å². The van der Waals surface area contributed by atoms with Crippen molar-refractivity contribution in [1.82, 2.24) is 5.32 Å². The molecular weight excluding hydrogens is 202 g/mol. The molecule has 0 heterocycles. The summed E-state index contributed by atoms with van der Waals surface area (Å²) < 4.78 is 10.5. The number of ether oxygens (including phenoxy) is 2. The Morgan fingerprint density at radius 3 is 2.38 bits per heavy atom. The summed E-state index contributed by atoms with van der Waals surface area (Å²) in [6.07, 6.45) is 5.53. The Kier molecular flexibility index (Phi) is 5.73. The third-order valence-electron chi connectivity index (χ3n) is 4.13. The summed E-state index contributed by atoms with van der Waals surface area (Å²) in [5, 5.41) is 3.60. The van der Waals surface area contributed by atoms with E-state index in [4.69, 9.17) is 9.47 Å². The predicted molar refractivity (Wildman–Crippen MR) is 66.7 cm³/mol. The van der Waals surface area contributed by atoms with Gasteiger partial charge in [-0.05, 0) is 38.5 Å². The summed E-state index contributed by atoms with van der Waals surface area (Å²) in [5.41, 5.74) is 0.498. The van der Waals surface area contributed by atoms with Gasteiger partial charge in [0, 0.05) is 33.4 Å². The molecule has 0 amide bonds. The molecule has 3 nitrogen and oxygen atoms in total. The van der Waals surface area contributed by atoms with Crippen molar-refractivity contribution in [3.8, 4) is 0 Å². The van der Waals surface area contributed by atoms with Crippen molar-refractivity contribution < 1.29 is 9.47 Å². The van der Waals surface area contributed by atoms with Crippen molar-refractivity contribution >= 4 is 0 Å². The minimum absolute atomic E-state index is 0.277. The van der Waals surface area contributed by atoms with Crippen molar-refractivity contribution in [2.45, 2.75) is 51.7 Å². The van der Waals surface area contributed by atoms with E-state index in [2.05, 4.69) is 19.2 Å². The van der Waals surface area contributed by atoms with Gasteiger partial charge in [0.15, 0.2) is 0 Å². The zero-order valence-electron chi connectivity index (χ0n) is 11.2. The smallest absolute Gasteiger partial charge is 0.0693 e. The first kappa shape index (κ1) is 13.9. The van der Waals surface area contributed by atoms with E-state index in [-0.39, 0.29) is 6.10 Å². The largest absolute Gasteiger partial charge is 0.385 e. The number of rotatable bonds is 8. The Morgan fingerprint density at radius 1 is 1.25 bits per heavy atom. The maximum atomic E-state index is 5.32. The van der Waals surface area contributed by atoms with Crippen molar-refractivity contribution in [2.24, 2.45) is 5.41 Å². The SMILES string of the molecule is COCCC1(CNC(C)C(C)OC)CCC1. The molecule has 0 aromatic carbocycles. The van der Waals surface area contributed by atoms with E-state index >= 15 is 0 Å². The molecule has 0 aliphatic heterocycles. The average molecular weight is 229 g/mol. The van der Waals surface area contributed by atoms with Gasteiger partial charge >= 0.3 is 0 Å². The maximum Gasteiger partial charge on any atom is 0.0693 e. The summed E-state index contributed by atoms with van der Waals surface area (Å²) in [5.74, 6) is 0.